The van der Waals surface area contributed by atoms with E-state index >= 15 is 0 Å². The van der Waals surface area contributed by atoms with E-state index in [1.54, 1.807) is 19.5 Å². The maximum atomic E-state index is 4.16. The van der Waals surface area contributed by atoms with Crippen LogP contribution in [0.2, 0.25) is 0 Å². The largest absolute Gasteiger partial charge is 0.365 e. The molecule has 10 heavy (non-hydrogen) atoms. The van der Waals surface area contributed by atoms with Crippen LogP contribution < -0.4 is 5.32 Å². The van der Waals surface area contributed by atoms with Gasteiger partial charge < -0.3 is 5.32 Å². The third-order valence-corrected chi connectivity index (χ3v) is 1.41. The lowest BCUT2D eigenvalue weighted by Gasteiger charge is -2.00. The van der Waals surface area contributed by atoms with Gasteiger partial charge in [-0.1, -0.05) is 6.58 Å². The van der Waals surface area contributed by atoms with Gasteiger partial charge in [0, 0.05) is 23.9 Å². The number of nitrogens with one attached hydrogen (secondary N) is 1. The summed E-state index contributed by atoms with van der Waals surface area (Å²) in [6.45, 7) is 5.43. The maximum Gasteiger partial charge on any atom is 0.0410 e. The molecule has 0 aliphatic carbocycles. The van der Waals surface area contributed by atoms with E-state index in [-0.39, 0.29) is 0 Å². The Morgan fingerprint density at radius 1 is 1.70 bits per heavy atom. The summed E-state index contributed by atoms with van der Waals surface area (Å²) < 4.78 is 0. The van der Waals surface area contributed by atoms with Gasteiger partial charge in [0.2, 0.25) is 0 Å². The fraction of sp³-hybridized carbons (Fsp3) is 0.286. The van der Waals surface area contributed by atoms with E-state index in [1.165, 1.54) is 0 Å². The summed E-state index contributed by atoms with van der Waals surface area (Å²) in [4.78, 5) is 4.63. The van der Waals surface area contributed by atoms with Gasteiger partial charge >= 0.3 is 0 Å². The monoisotopic (exact) mass is 156 g/mol. The average molecular weight is 156 g/mol. The van der Waals surface area contributed by atoms with Crippen LogP contribution in [-0.4, -0.2) is 13.3 Å². The number of nitrogens with zero attached hydrogens (tertiary/aromatic N) is 1. The topological polar surface area (TPSA) is 24.4 Å². The molecule has 0 atom stereocenters. The smallest absolute Gasteiger partial charge is 0.0410 e. The molecular weight excluding hydrogens is 144 g/mol. The molecule has 56 valence electrons. The van der Waals surface area contributed by atoms with Crippen LogP contribution in [0.4, 0.5) is 0 Å². The summed E-state index contributed by atoms with van der Waals surface area (Å²) in [7, 11) is 1.71. The van der Waals surface area contributed by atoms with E-state index in [9.17, 15) is 0 Å². The first-order valence-corrected chi connectivity index (χ1v) is 3.36. The summed E-state index contributed by atoms with van der Waals surface area (Å²) in [6, 6.07) is 0. The van der Waals surface area contributed by atoms with Crippen LogP contribution in [0, 0.1) is 0 Å². The molecule has 1 N–H and O–H groups in total. The second-order valence-corrected chi connectivity index (χ2v) is 2.23. The zero-order chi connectivity index (χ0) is 7.98. The van der Waals surface area contributed by atoms with E-state index in [1.807, 2.05) is 6.92 Å². The van der Waals surface area contributed by atoms with Gasteiger partial charge in [-0.2, -0.15) is 0 Å². The molecule has 0 spiro atoms. The van der Waals surface area contributed by atoms with Gasteiger partial charge in [-0.15, -0.1) is 12.6 Å². The van der Waals surface area contributed by atoms with Crippen molar-refractivity contribution in [1.29, 1.82) is 0 Å². The van der Waals surface area contributed by atoms with E-state index in [4.69, 9.17) is 0 Å². The normalized spacial score (nSPS) is 13.1. The summed E-state index contributed by atoms with van der Waals surface area (Å²) in [5, 5.41) is 2.91. The van der Waals surface area contributed by atoms with Crippen molar-refractivity contribution in [2.24, 2.45) is 4.99 Å². The standard InChI is InChI=1S/C7H12N2S/c1-4-9-6(2)7(10)5-8-3/h4-5,9-10H,1H2,2-3H3. The van der Waals surface area contributed by atoms with Gasteiger partial charge in [0.15, 0.2) is 0 Å². The minimum Gasteiger partial charge on any atom is -0.365 e. The van der Waals surface area contributed by atoms with Crippen LogP contribution in [0.5, 0.6) is 0 Å². The highest BCUT2D eigenvalue weighted by atomic mass is 32.1. The lowest BCUT2D eigenvalue weighted by molar-refractivity contribution is 1.06. The third-order valence-electron chi connectivity index (χ3n) is 0.954. The van der Waals surface area contributed by atoms with E-state index in [0.29, 0.717) is 0 Å². The van der Waals surface area contributed by atoms with Crippen molar-refractivity contribution < 1.29 is 0 Å². The number of thiol groups is 1. The molecule has 0 aliphatic heterocycles. The van der Waals surface area contributed by atoms with Crippen molar-refractivity contribution >= 4 is 18.8 Å². The predicted molar refractivity (Wildman–Crippen MR) is 49.4 cm³/mol. The first kappa shape index (κ1) is 9.30. The Morgan fingerprint density at radius 3 is 2.70 bits per heavy atom. The van der Waals surface area contributed by atoms with Gasteiger partial charge in [0.1, 0.15) is 0 Å². The molecule has 0 unspecified atom stereocenters. The lowest BCUT2D eigenvalue weighted by Crippen LogP contribution is -2.02. The number of allylic oxidation sites excluding steroid dienone is 2. The lowest BCUT2D eigenvalue weighted by atomic mass is 10.4. The van der Waals surface area contributed by atoms with Crippen LogP contribution in [0.1, 0.15) is 6.92 Å². The quantitative estimate of drug-likeness (QED) is 0.470. The molecule has 0 radical (unpaired) electrons. The zero-order valence-electron chi connectivity index (χ0n) is 6.26. The molecule has 0 aromatic rings. The van der Waals surface area contributed by atoms with Crippen LogP contribution in [0.15, 0.2) is 28.4 Å². The Hall–Kier alpha value is -0.700. The first-order valence-electron chi connectivity index (χ1n) is 2.91. The Kier molecular flexibility index (Phi) is 4.76. The fourth-order valence-corrected chi connectivity index (χ4v) is 0.626. The molecule has 0 aliphatic rings. The summed E-state index contributed by atoms with van der Waals surface area (Å²) in [6.07, 6.45) is 3.28. The van der Waals surface area contributed by atoms with Crippen molar-refractivity contribution in [3.8, 4) is 0 Å². The highest BCUT2D eigenvalue weighted by molar-refractivity contribution is 7.85. The Bertz CT molecular complexity index is 170. The molecule has 0 rings (SSSR count). The molecule has 0 fully saturated rings. The summed E-state index contributed by atoms with van der Waals surface area (Å²) >= 11 is 4.16. The van der Waals surface area contributed by atoms with Gasteiger partial charge in [-0.25, -0.2) is 0 Å². The summed E-state index contributed by atoms with van der Waals surface area (Å²) in [5.74, 6) is 0. The number of rotatable bonds is 3. The van der Waals surface area contributed by atoms with Crippen LogP contribution >= 0.6 is 12.6 Å². The fourth-order valence-electron chi connectivity index (χ4n) is 0.446. The first-order chi connectivity index (χ1) is 4.72. The minimum absolute atomic E-state index is 0.822. The minimum atomic E-state index is 0.822. The van der Waals surface area contributed by atoms with E-state index < -0.39 is 0 Å². The van der Waals surface area contributed by atoms with E-state index in [2.05, 4.69) is 29.5 Å². The van der Waals surface area contributed by atoms with E-state index in [0.717, 1.165) is 10.6 Å². The number of hydrogen-bond acceptors (Lipinski definition) is 3. The highest BCUT2D eigenvalue weighted by Gasteiger charge is 1.89. The van der Waals surface area contributed by atoms with Crippen molar-refractivity contribution in [3.05, 3.63) is 23.4 Å². The molecule has 0 amide bonds. The molecule has 2 nitrogen and oxygen atoms in total. The van der Waals surface area contributed by atoms with Gasteiger partial charge in [-0.05, 0) is 13.1 Å². The van der Waals surface area contributed by atoms with Crippen molar-refractivity contribution in [1.82, 2.24) is 5.32 Å². The van der Waals surface area contributed by atoms with Crippen LogP contribution in [-0.2, 0) is 0 Å². The molecule has 0 heterocycles. The van der Waals surface area contributed by atoms with Crippen LogP contribution in [0.25, 0.3) is 0 Å². The number of hydrogen-bond donors (Lipinski definition) is 2. The second-order valence-electron chi connectivity index (χ2n) is 1.75. The predicted octanol–water partition coefficient (Wildman–Crippen LogP) is 1.58. The molecule has 0 bridgehead atoms. The SMILES string of the molecule is C=CNC(C)=C(S)C=NC. The summed E-state index contributed by atoms with van der Waals surface area (Å²) in [5.41, 5.74) is 0.948. The average Bonchev–Trinajstić information content (AvgIpc) is 1.89. The Labute approximate surface area is 67.1 Å². The molecule has 0 saturated carbocycles. The van der Waals surface area contributed by atoms with Crippen molar-refractivity contribution in [3.63, 3.8) is 0 Å². The van der Waals surface area contributed by atoms with Crippen molar-refractivity contribution in [2.45, 2.75) is 6.92 Å². The zero-order valence-corrected chi connectivity index (χ0v) is 7.15. The van der Waals surface area contributed by atoms with Crippen molar-refractivity contribution in [2.75, 3.05) is 7.05 Å². The molecule has 0 aromatic carbocycles. The van der Waals surface area contributed by atoms with Crippen LogP contribution in [0.3, 0.4) is 0 Å². The highest BCUT2D eigenvalue weighted by Crippen LogP contribution is 2.01. The number of aliphatic imine (C=N–C) groups is 1. The molecule has 0 aromatic heterocycles. The molecular formula is C7H12N2S. The van der Waals surface area contributed by atoms with Gasteiger partial charge in [0.25, 0.3) is 0 Å². The molecule has 3 heteroatoms. The Balaban J connectivity index is 4.17. The van der Waals surface area contributed by atoms with Gasteiger partial charge in [0.05, 0.1) is 0 Å². The maximum absolute atomic E-state index is 4.16. The Morgan fingerprint density at radius 2 is 2.30 bits per heavy atom. The molecule has 0 saturated heterocycles. The third kappa shape index (κ3) is 3.35. The second kappa shape index (κ2) is 5.11. The van der Waals surface area contributed by atoms with Gasteiger partial charge in [-0.3, -0.25) is 4.99 Å².